The number of amides is 1. The molecule has 1 aliphatic heterocycles. The summed E-state index contributed by atoms with van der Waals surface area (Å²) in [5.41, 5.74) is 3.67. The Kier molecular flexibility index (Phi) is 8.25. The Labute approximate surface area is 193 Å². The van der Waals surface area contributed by atoms with Crippen molar-refractivity contribution in [3.8, 4) is 0 Å². The average molecular weight is 488 g/mol. The summed E-state index contributed by atoms with van der Waals surface area (Å²) >= 11 is 0. The molecule has 34 heavy (non-hydrogen) atoms. The first-order valence-corrected chi connectivity index (χ1v) is 10.9. The Morgan fingerprint density at radius 1 is 1.00 bits per heavy atom. The highest BCUT2D eigenvalue weighted by atomic mass is 19.4. The van der Waals surface area contributed by atoms with Crippen molar-refractivity contribution in [3.63, 3.8) is 0 Å². The molecule has 0 bridgehead atoms. The van der Waals surface area contributed by atoms with E-state index in [1.807, 2.05) is 35.2 Å². The van der Waals surface area contributed by atoms with Gasteiger partial charge in [0.05, 0.1) is 23.8 Å². The number of alkyl halides is 6. The molecule has 0 saturated carbocycles. The van der Waals surface area contributed by atoms with Crippen molar-refractivity contribution in [1.29, 1.82) is 0 Å². The zero-order chi connectivity index (χ0) is 24.9. The number of likely N-dealkylation sites (tertiary alicyclic amines) is 1. The number of ether oxygens (including phenoxy) is 1. The second-order valence-electron chi connectivity index (χ2n) is 8.33. The lowest BCUT2D eigenvalue weighted by Gasteiger charge is -2.40. The van der Waals surface area contributed by atoms with E-state index in [2.05, 4.69) is 0 Å². The fraction of sp³-hybridized carbons (Fsp3) is 0.458. The number of nitrogens with two attached hydrogens (primary N) is 1. The Morgan fingerprint density at radius 2 is 1.62 bits per heavy atom. The smallest absolute Gasteiger partial charge is 0.377 e. The predicted molar refractivity (Wildman–Crippen MR) is 113 cm³/mol. The topological polar surface area (TPSA) is 55.6 Å². The summed E-state index contributed by atoms with van der Waals surface area (Å²) in [5, 5.41) is 0. The Balaban J connectivity index is 1.68. The molecule has 10 heteroatoms. The lowest BCUT2D eigenvalue weighted by molar-refractivity contribution is -0.143. The maximum atomic E-state index is 13.0. The molecule has 1 heterocycles. The molecule has 2 aromatic carbocycles. The second kappa shape index (κ2) is 10.8. The molecule has 2 aromatic rings. The van der Waals surface area contributed by atoms with Crippen LogP contribution in [0.15, 0.2) is 48.5 Å². The number of piperidine rings is 1. The van der Waals surface area contributed by atoms with Crippen molar-refractivity contribution in [2.45, 2.75) is 56.7 Å². The number of nitrogens with zero attached hydrogens (tertiary/aromatic N) is 1. The highest BCUT2D eigenvalue weighted by molar-refractivity contribution is 5.80. The SMILES string of the molecule is NC(=O)C(CCOCc1cc(C(F)(F)F)cc(C(F)(F)F)c1)N1CCCCC1c1ccccc1. The molecule has 0 radical (unpaired) electrons. The van der Waals surface area contributed by atoms with E-state index in [0.29, 0.717) is 18.7 Å². The number of carbonyl (C=O) groups excluding carboxylic acids is 1. The molecule has 2 N–H and O–H groups in total. The van der Waals surface area contributed by atoms with Gasteiger partial charge in [-0.25, -0.2) is 0 Å². The lowest BCUT2D eigenvalue weighted by atomic mass is 9.92. The van der Waals surface area contributed by atoms with Gasteiger partial charge in [0.25, 0.3) is 0 Å². The second-order valence-corrected chi connectivity index (χ2v) is 8.33. The first-order chi connectivity index (χ1) is 16.0. The zero-order valence-electron chi connectivity index (χ0n) is 18.3. The molecule has 186 valence electrons. The zero-order valence-corrected chi connectivity index (χ0v) is 18.3. The van der Waals surface area contributed by atoms with E-state index < -0.39 is 42.0 Å². The third-order valence-electron chi connectivity index (χ3n) is 5.91. The van der Waals surface area contributed by atoms with Gasteiger partial charge in [0.1, 0.15) is 0 Å². The predicted octanol–water partition coefficient (Wildman–Crippen LogP) is 5.71. The summed E-state index contributed by atoms with van der Waals surface area (Å²) in [5.74, 6) is -0.551. The van der Waals surface area contributed by atoms with E-state index in [1.165, 1.54) is 0 Å². The van der Waals surface area contributed by atoms with Crippen LogP contribution in [0.1, 0.15) is 54.0 Å². The van der Waals surface area contributed by atoms with Crippen molar-refractivity contribution in [3.05, 3.63) is 70.8 Å². The standard InChI is InChI=1S/C24H26F6N2O2/c25-23(26,27)18-12-16(13-19(14-18)24(28,29)30)15-34-11-9-21(22(31)33)32-10-5-4-8-20(32)17-6-2-1-3-7-17/h1-3,6-7,12-14,20-21H,4-5,8-11,15H2,(H2,31,33). The monoisotopic (exact) mass is 488 g/mol. The van der Waals surface area contributed by atoms with E-state index in [9.17, 15) is 31.1 Å². The largest absolute Gasteiger partial charge is 0.416 e. The van der Waals surface area contributed by atoms with Crippen molar-refractivity contribution < 1.29 is 35.9 Å². The van der Waals surface area contributed by atoms with Crippen LogP contribution in [0.2, 0.25) is 0 Å². The molecule has 1 amide bonds. The van der Waals surface area contributed by atoms with Crippen LogP contribution in [-0.4, -0.2) is 30.0 Å². The fourth-order valence-electron chi connectivity index (χ4n) is 4.32. The normalized spacial score (nSPS) is 18.6. The number of hydrogen-bond donors (Lipinski definition) is 1. The highest BCUT2D eigenvalue weighted by Crippen LogP contribution is 2.37. The minimum atomic E-state index is -4.92. The molecule has 0 aliphatic carbocycles. The van der Waals surface area contributed by atoms with Gasteiger partial charge in [-0.05, 0) is 55.1 Å². The van der Waals surface area contributed by atoms with Gasteiger partial charge in [-0.15, -0.1) is 0 Å². The molecule has 0 spiro atoms. The molecule has 1 saturated heterocycles. The van der Waals surface area contributed by atoms with Crippen LogP contribution in [0.3, 0.4) is 0 Å². The Morgan fingerprint density at radius 3 is 2.18 bits per heavy atom. The first-order valence-electron chi connectivity index (χ1n) is 10.9. The van der Waals surface area contributed by atoms with E-state index in [1.54, 1.807) is 0 Å². The third kappa shape index (κ3) is 6.73. The fourth-order valence-corrected chi connectivity index (χ4v) is 4.32. The van der Waals surface area contributed by atoms with Gasteiger partial charge in [-0.2, -0.15) is 26.3 Å². The minimum Gasteiger partial charge on any atom is -0.377 e. The summed E-state index contributed by atoms with van der Waals surface area (Å²) in [7, 11) is 0. The Bertz CT molecular complexity index is 930. The number of rotatable bonds is 8. The highest BCUT2D eigenvalue weighted by Gasteiger charge is 2.37. The maximum Gasteiger partial charge on any atom is 0.416 e. The minimum absolute atomic E-state index is 0.00902. The molecule has 4 nitrogen and oxygen atoms in total. The molecule has 2 unspecified atom stereocenters. The first kappa shape index (κ1) is 26.0. The van der Waals surface area contributed by atoms with Crippen LogP contribution < -0.4 is 5.73 Å². The van der Waals surface area contributed by atoms with Crippen molar-refractivity contribution in [1.82, 2.24) is 4.90 Å². The van der Waals surface area contributed by atoms with Gasteiger partial charge in [-0.1, -0.05) is 36.8 Å². The number of primary amides is 1. The molecule has 0 aromatic heterocycles. The number of benzene rings is 2. The molecule has 3 rings (SSSR count). The van der Waals surface area contributed by atoms with Crippen molar-refractivity contribution in [2.75, 3.05) is 13.2 Å². The van der Waals surface area contributed by atoms with Gasteiger partial charge in [0.2, 0.25) is 5.91 Å². The number of hydrogen-bond acceptors (Lipinski definition) is 3. The molecule has 1 fully saturated rings. The van der Waals surface area contributed by atoms with E-state index in [0.717, 1.165) is 24.8 Å². The van der Waals surface area contributed by atoms with Gasteiger partial charge in [0.15, 0.2) is 0 Å². The summed E-state index contributed by atoms with van der Waals surface area (Å²) in [6, 6.07) is 10.3. The van der Waals surface area contributed by atoms with Crippen LogP contribution in [0, 0.1) is 0 Å². The van der Waals surface area contributed by atoms with Crippen LogP contribution in [0.25, 0.3) is 0 Å². The van der Waals surface area contributed by atoms with Gasteiger partial charge >= 0.3 is 12.4 Å². The van der Waals surface area contributed by atoms with Gasteiger partial charge in [0, 0.05) is 12.6 Å². The maximum absolute atomic E-state index is 13.0. The van der Waals surface area contributed by atoms with E-state index in [-0.39, 0.29) is 30.7 Å². The van der Waals surface area contributed by atoms with Crippen molar-refractivity contribution in [2.24, 2.45) is 5.73 Å². The Hall–Kier alpha value is -2.59. The number of halogens is 6. The van der Waals surface area contributed by atoms with Gasteiger partial charge in [-0.3, -0.25) is 9.69 Å². The van der Waals surface area contributed by atoms with Crippen LogP contribution in [0.5, 0.6) is 0 Å². The van der Waals surface area contributed by atoms with Crippen molar-refractivity contribution >= 4 is 5.91 Å². The quantitative estimate of drug-likeness (QED) is 0.383. The van der Waals surface area contributed by atoms with Crippen LogP contribution >= 0.6 is 0 Å². The average Bonchev–Trinajstić information content (AvgIpc) is 2.78. The summed E-state index contributed by atoms with van der Waals surface area (Å²) in [6.07, 6.45) is -6.95. The molecule has 1 aliphatic rings. The lowest BCUT2D eigenvalue weighted by Crippen LogP contribution is -2.49. The summed E-state index contributed by atoms with van der Waals surface area (Å²) < 4.78 is 83.6. The summed E-state index contributed by atoms with van der Waals surface area (Å²) in [4.78, 5) is 14.2. The van der Waals surface area contributed by atoms with Crippen LogP contribution in [-0.2, 0) is 28.5 Å². The number of carbonyl (C=O) groups is 1. The summed E-state index contributed by atoms with van der Waals surface area (Å²) in [6.45, 7) is 0.138. The molecular weight excluding hydrogens is 462 g/mol. The van der Waals surface area contributed by atoms with E-state index >= 15 is 0 Å². The van der Waals surface area contributed by atoms with Crippen LogP contribution in [0.4, 0.5) is 26.3 Å². The van der Waals surface area contributed by atoms with Gasteiger partial charge < -0.3 is 10.5 Å². The third-order valence-corrected chi connectivity index (χ3v) is 5.91. The molecule has 2 atom stereocenters. The molecular formula is C24H26F6N2O2. The van der Waals surface area contributed by atoms with E-state index in [4.69, 9.17) is 10.5 Å².